The van der Waals surface area contributed by atoms with E-state index in [1.54, 1.807) is 18.0 Å². The number of nitrogens with zero attached hydrogens (tertiary/aromatic N) is 2. The Hall–Kier alpha value is -5.20. The zero-order valence-corrected chi connectivity index (χ0v) is 35.7. The zero-order valence-electron chi connectivity index (χ0n) is 35.7. The van der Waals surface area contributed by atoms with E-state index in [4.69, 9.17) is 33.7 Å². The molecule has 2 aliphatic heterocycles. The second kappa shape index (κ2) is 20.3. The predicted octanol–water partition coefficient (Wildman–Crippen LogP) is 10.1. The molecule has 4 aliphatic rings. The van der Waals surface area contributed by atoms with Gasteiger partial charge in [0.1, 0.15) is 29.9 Å². The highest BCUT2D eigenvalue weighted by Gasteiger charge is 2.65. The maximum absolute atomic E-state index is 14.3. The third-order valence-electron chi connectivity index (χ3n) is 13.0. The minimum absolute atomic E-state index is 0.0669. The largest absolute Gasteiger partial charge is 0.459 e. The topological polar surface area (TPSA) is 129 Å². The van der Waals surface area contributed by atoms with Gasteiger partial charge in [-0.3, -0.25) is 0 Å². The number of allylic oxidation sites excluding steroid dienone is 1. The van der Waals surface area contributed by atoms with Gasteiger partial charge in [-0.15, -0.1) is 6.58 Å². The highest BCUT2D eigenvalue weighted by molar-refractivity contribution is 6.03. The van der Waals surface area contributed by atoms with Gasteiger partial charge >= 0.3 is 6.09 Å². The Labute approximate surface area is 364 Å². The normalized spacial score (nSPS) is 25.8. The molecule has 0 bridgehead atoms. The number of aliphatic hydroxyl groups excluding tert-OH is 2. The second-order valence-corrected chi connectivity index (χ2v) is 16.9. The zero-order chi connectivity index (χ0) is 42.9. The lowest BCUT2D eigenvalue weighted by molar-refractivity contribution is -0.254. The maximum Gasteiger partial charge on any atom is 0.410 e. The first kappa shape index (κ1) is 43.4. The third-order valence-corrected chi connectivity index (χ3v) is 13.0. The number of carbonyl (C=O) groups excluding carboxylic acids is 1. The van der Waals surface area contributed by atoms with Crippen molar-refractivity contribution < 1.29 is 43.5 Å². The van der Waals surface area contributed by atoms with Crippen molar-refractivity contribution in [3.8, 4) is 17.2 Å². The molecule has 8 rings (SSSR count). The van der Waals surface area contributed by atoms with Crippen molar-refractivity contribution in [2.45, 2.75) is 94.9 Å². The predicted molar refractivity (Wildman–Crippen MR) is 238 cm³/mol. The first-order chi connectivity index (χ1) is 30.4. The lowest BCUT2D eigenvalue weighted by Crippen LogP contribution is -2.69. The van der Waals surface area contributed by atoms with E-state index in [1.807, 2.05) is 66.7 Å². The molecule has 2 aliphatic carbocycles. The van der Waals surface area contributed by atoms with E-state index >= 15 is 0 Å². The van der Waals surface area contributed by atoms with Gasteiger partial charge in [0.05, 0.1) is 24.8 Å². The summed E-state index contributed by atoms with van der Waals surface area (Å²) in [6.07, 6.45) is 10.7. The standard InChI is InChI=1S/C51H60N2O9/c1-3-28-59-51-46(53(2)50(56)58-34-35-15-5-4-6-16-35)33-44(52-62-47-21-11-14-29-57-47)42-31-38(19-9-12-26-54)41(20-10-13-27-55)48(49(42)51)43-32-40(24-25-45(43)61-51)60-39-23-22-36-17-7-8-18-37(36)30-39/h3-8,15-18,22-25,30-32,38,41,46-49,54-55H,1,9-14,19-21,26-29,33-34H2,2H3/t38-,41+,46-,47?,48+,49+,51+/m0/s1. The summed E-state index contributed by atoms with van der Waals surface area (Å²) in [6.45, 7) is 5.11. The average molecular weight is 845 g/mol. The van der Waals surface area contributed by atoms with Gasteiger partial charge < -0.3 is 43.6 Å². The van der Waals surface area contributed by atoms with Gasteiger partial charge in [-0.1, -0.05) is 90.8 Å². The smallest absolute Gasteiger partial charge is 0.410 e. The average Bonchev–Trinajstić information content (AvgIpc) is 3.31. The number of hydrogen-bond acceptors (Lipinski definition) is 10. The molecule has 1 amide bonds. The third kappa shape index (κ3) is 9.41. The van der Waals surface area contributed by atoms with E-state index in [0.29, 0.717) is 36.7 Å². The van der Waals surface area contributed by atoms with Gasteiger partial charge in [0, 0.05) is 44.6 Å². The lowest BCUT2D eigenvalue weighted by atomic mass is 9.55. The molecule has 62 heavy (non-hydrogen) atoms. The van der Waals surface area contributed by atoms with Crippen molar-refractivity contribution >= 4 is 22.6 Å². The van der Waals surface area contributed by atoms with Crippen molar-refractivity contribution in [2.75, 3.05) is 33.5 Å². The molecular weight excluding hydrogens is 785 g/mol. The van der Waals surface area contributed by atoms with Crippen LogP contribution in [0.2, 0.25) is 0 Å². The monoisotopic (exact) mass is 844 g/mol. The summed E-state index contributed by atoms with van der Waals surface area (Å²) < 4.78 is 32.9. The van der Waals surface area contributed by atoms with Gasteiger partial charge in [0.25, 0.3) is 0 Å². The van der Waals surface area contributed by atoms with Crippen LogP contribution in [0.3, 0.4) is 0 Å². The van der Waals surface area contributed by atoms with Crippen molar-refractivity contribution in [1.82, 2.24) is 4.90 Å². The fourth-order valence-electron chi connectivity index (χ4n) is 10.0. The molecule has 11 heteroatoms. The maximum atomic E-state index is 14.3. The minimum atomic E-state index is -1.40. The Morgan fingerprint density at radius 2 is 1.68 bits per heavy atom. The second-order valence-electron chi connectivity index (χ2n) is 16.9. The number of fused-ring (bicyclic) bond motifs is 3. The highest BCUT2D eigenvalue weighted by Crippen LogP contribution is 2.62. The molecule has 11 nitrogen and oxygen atoms in total. The van der Waals surface area contributed by atoms with Crippen molar-refractivity contribution in [3.63, 3.8) is 0 Å². The fourth-order valence-corrected chi connectivity index (χ4v) is 10.0. The number of carbonyl (C=O) groups is 1. The van der Waals surface area contributed by atoms with E-state index in [-0.39, 0.29) is 50.6 Å². The number of unbranched alkanes of at least 4 members (excludes halogenated alkanes) is 2. The molecule has 1 unspecified atom stereocenters. The Balaban J connectivity index is 1.27. The van der Waals surface area contributed by atoms with Crippen LogP contribution in [0, 0.1) is 17.8 Å². The van der Waals surface area contributed by atoms with Crippen LogP contribution in [0.1, 0.15) is 81.3 Å². The highest BCUT2D eigenvalue weighted by atomic mass is 16.8. The van der Waals surface area contributed by atoms with Gasteiger partial charge in [0.2, 0.25) is 12.1 Å². The van der Waals surface area contributed by atoms with Crippen LogP contribution in [-0.2, 0) is 25.7 Å². The van der Waals surface area contributed by atoms with Crippen LogP contribution in [0.5, 0.6) is 17.2 Å². The number of oxime groups is 1. The number of ether oxygens (including phenoxy) is 5. The van der Waals surface area contributed by atoms with Crippen LogP contribution in [0.15, 0.2) is 120 Å². The Bertz CT molecular complexity index is 2200. The number of likely N-dealkylation sites (N-methyl/N-ethyl adjacent to an activating group) is 1. The van der Waals surface area contributed by atoms with Crippen molar-refractivity contribution in [2.24, 2.45) is 22.9 Å². The molecule has 2 fully saturated rings. The van der Waals surface area contributed by atoms with E-state index in [0.717, 1.165) is 78.2 Å². The van der Waals surface area contributed by atoms with Crippen LogP contribution in [0.25, 0.3) is 10.8 Å². The summed E-state index contributed by atoms with van der Waals surface area (Å²) in [5.74, 6) is 0.135. The summed E-state index contributed by atoms with van der Waals surface area (Å²) in [4.78, 5) is 22.1. The summed E-state index contributed by atoms with van der Waals surface area (Å²) in [5.41, 5.74) is 3.51. The van der Waals surface area contributed by atoms with Crippen LogP contribution in [-0.4, -0.2) is 78.5 Å². The summed E-state index contributed by atoms with van der Waals surface area (Å²) in [6, 6.07) is 29.2. The molecule has 0 aromatic heterocycles. The summed E-state index contributed by atoms with van der Waals surface area (Å²) in [7, 11) is 1.74. The Morgan fingerprint density at radius 3 is 2.45 bits per heavy atom. The van der Waals surface area contributed by atoms with Crippen molar-refractivity contribution in [1.29, 1.82) is 0 Å². The van der Waals surface area contributed by atoms with E-state index in [1.165, 1.54) is 0 Å². The van der Waals surface area contributed by atoms with E-state index in [9.17, 15) is 15.0 Å². The number of hydrogen-bond donors (Lipinski definition) is 2. The van der Waals surface area contributed by atoms with Gasteiger partial charge in [-0.2, -0.15) is 0 Å². The molecule has 0 spiro atoms. The molecule has 7 atom stereocenters. The van der Waals surface area contributed by atoms with Crippen molar-refractivity contribution in [3.05, 3.63) is 126 Å². The first-order valence-corrected chi connectivity index (χ1v) is 22.4. The number of amides is 1. The van der Waals surface area contributed by atoms with Gasteiger partial charge in [-0.05, 0) is 103 Å². The lowest BCUT2D eigenvalue weighted by Gasteiger charge is -2.59. The Morgan fingerprint density at radius 1 is 0.919 bits per heavy atom. The molecule has 2 heterocycles. The van der Waals surface area contributed by atoms with Gasteiger partial charge in [0.15, 0.2) is 0 Å². The SMILES string of the molecule is C=CCO[C@@]12Oc3ccc(Oc4ccc5ccccc5c4)cc3[C@H]3[C@H](CCCCO)[C@@H](CCCCO)C=C(C(=NOC4CCCCO4)C[C@@H]1N(C)C(=O)OCc1ccccc1)[C@H]32. The first-order valence-electron chi connectivity index (χ1n) is 22.4. The van der Waals surface area contributed by atoms with E-state index < -0.39 is 30.1 Å². The van der Waals surface area contributed by atoms with Crippen LogP contribution in [0.4, 0.5) is 4.79 Å². The van der Waals surface area contributed by atoms with E-state index in [2.05, 4.69) is 36.9 Å². The van der Waals surface area contributed by atoms with Gasteiger partial charge in [-0.25, -0.2) is 4.79 Å². The minimum Gasteiger partial charge on any atom is -0.459 e. The molecule has 328 valence electrons. The van der Waals surface area contributed by atoms with Crippen LogP contribution >= 0.6 is 0 Å². The molecule has 4 aromatic rings. The molecular formula is C51H60N2O9. The molecule has 4 aromatic carbocycles. The number of rotatable bonds is 18. The summed E-state index contributed by atoms with van der Waals surface area (Å²) in [5, 5.41) is 27.0. The molecule has 1 saturated heterocycles. The molecule has 1 saturated carbocycles. The molecule has 0 radical (unpaired) electrons. The quantitative estimate of drug-likeness (QED) is 0.0571. The number of benzene rings is 4. The molecule has 2 N–H and O–H groups in total. The Kier molecular flexibility index (Phi) is 14.2. The summed E-state index contributed by atoms with van der Waals surface area (Å²) >= 11 is 0. The van der Waals surface area contributed by atoms with Crippen LogP contribution < -0.4 is 9.47 Å². The number of aliphatic hydroxyl groups is 2. The fraction of sp³-hybridized carbons (Fsp3) is 0.451.